The second kappa shape index (κ2) is 9.88. The second-order valence-electron chi connectivity index (χ2n) is 5.84. The van der Waals surface area contributed by atoms with Crippen LogP contribution >= 0.6 is 0 Å². The minimum atomic E-state index is -1.22. The molecule has 2 aromatic carbocycles. The first kappa shape index (κ1) is 21.4. The number of rotatable bonds is 6. The van der Waals surface area contributed by atoms with Crippen LogP contribution < -0.4 is 20.7 Å². The van der Waals surface area contributed by atoms with Crippen LogP contribution in [0.4, 0.5) is 10.5 Å². The number of amides is 4. The summed E-state index contributed by atoms with van der Waals surface area (Å²) in [7, 11) is 2.87. The van der Waals surface area contributed by atoms with Crippen molar-refractivity contribution in [2.45, 2.75) is 13.0 Å². The monoisotopic (exact) mass is 399 g/mol. The zero-order valence-electron chi connectivity index (χ0n) is 16.1. The van der Waals surface area contributed by atoms with Crippen LogP contribution in [0.25, 0.3) is 0 Å². The number of benzene rings is 2. The summed E-state index contributed by atoms with van der Waals surface area (Å²) in [6.45, 7) is 1.33. The SMILES string of the molecule is CNC(=O)NC(=O)[C@@H](C)OC(=O)c1ccccc1NC(=O)c1ccc(OC)cc1. The number of methoxy groups -OCH3 is 1. The third kappa shape index (κ3) is 5.80. The van der Waals surface area contributed by atoms with E-state index in [1.807, 2.05) is 5.32 Å². The van der Waals surface area contributed by atoms with E-state index in [0.717, 1.165) is 0 Å². The number of esters is 1. The van der Waals surface area contributed by atoms with Crippen molar-refractivity contribution in [1.82, 2.24) is 10.6 Å². The van der Waals surface area contributed by atoms with E-state index in [4.69, 9.17) is 9.47 Å². The zero-order chi connectivity index (χ0) is 21.4. The Bertz CT molecular complexity index is 911. The van der Waals surface area contributed by atoms with Crippen LogP contribution in [0.1, 0.15) is 27.6 Å². The van der Waals surface area contributed by atoms with Crippen LogP contribution in [0.15, 0.2) is 48.5 Å². The molecule has 0 fully saturated rings. The fourth-order valence-electron chi connectivity index (χ4n) is 2.26. The molecule has 0 saturated heterocycles. The Morgan fingerprint density at radius 2 is 1.62 bits per heavy atom. The average molecular weight is 399 g/mol. The van der Waals surface area contributed by atoms with Crippen molar-refractivity contribution >= 4 is 29.5 Å². The number of urea groups is 1. The van der Waals surface area contributed by atoms with Gasteiger partial charge in [0.25, 0.3) is 11.8 Å². The fraction of sp³-hybridized carbons (Fsp3) is 0.200. The first-order valence-corrected chi connectivity index (χ1v) is 8.63. The molecule has 0 aromatic heterocycles. The molecule has 0 heterocycles. The van der Waals surface area contributed by atoms with E-state index in [1.54, 1.807) is 36.4 Å². The molecule has 0 aliphatic carbocycles. The third-order valence-corrected chi connectivity index (χ3v) is 3.86. The summed E-state index contributed by atoms with van der Waals surface area (Å²) in [6, 6.07) is 12.0. The maximum absolute atomic E-state index is 12.5. The molecular formula is C20H21N3O6. The van der Waals surface area contributed by atoms with Crippen molar-refractivity contribution in [1.29, 1.82) is 0 Å². The number of carbonyl (C=O) groups excluding carboxylic acids is 4. The Balaban J connectivity index is 2.10. The smallest absolute Gasteiger partial charge is 0.341 e. The van der Waals surface area contributed by atoms with Gasteiger partial charge in [0.2, 0.25) is 0 Å². The second-order valence-corrected chi connectivity index (χ2v) is 5.84. The van der Waals surface area contributed by atoms with Gasteiger partial charge >= 0.3 is 12.0 Å². The van der Waals surface area contributed by atoms with Crippen molar-refractivity contribution in [3.63, 3.8) is 0 Å². The van der Waals surface area contributed by atoms with Crippen LogP contribution in [-0.4, -0.2) is 44.1 Å². The summed E-state index contributed by atoms with van der Waals surface area (Å²) < 4.78 is 10.2. The summed E-state index contributed by atoms with van der Waals surface area (Å²) in [5, 5.41) is 6.88. The normalized spacial score (nSPS) is 11.0. The number of hydrogen-bond donors (Lipinski definition) is 3. The Morgan fingerprint density at radius 3 is 2.24 bits per heavy atom. The maximum Gasteiger partial charge on any atom is 0.341 e. The molecule has 0 aliphatic heterocycles. The molecule has 1 atom stereocenters. The maximum atomic E-state index is 12.5. The summed E-state index contributed by atoms with van der Waals surface area (Å²) in [5.74, 6) is -1.43. The lowest BCUT2D eigenvalue weighted by Crippen LogP contribution is -2.43. The van der Waals surface area contributed by atoms with Crippen LogP contribution in [0, 0.1) is 0 Å². The van der Waals surface area contributed by atoms with Gasteiger partial charge in [0.05, 0.1) is 18.4 Å². The summed E-state index contributed by atoms with van der Waals surface area (Å²) in [6.07, 6.45) is -1.22. The van der Waals surface area contributed by atoms with E-state index >= 15 is 0 Å². The lowest BCUT2D eigenvalue weighted by atomic mass is 10.1. The average Bonchev–Trinajstić information content (AvgIpc) is 2.73. The minimum Gasteiger partial charge on any atom is -0.497 e. The molecule has 0 spiro atoms. The first-order chi connectivity index (χ1) is 13.8. The van der Waals surface area contributed by atoms with Crippen LogP contribution in [-0.2, 0) is 9.53 Å². The lowest BCUT2D eigenvalue weighted by Gasteiger charge is -2.15. The molecule has 0 radical (unpaired) electrons. The molecule has 2 aromatic rings. The van der Waals surface area contributed by atoms with Gasteiger partial charge in [-0.2, -0.15) is 0 Å². The molecule has 9 nitrogen and oxygen atoms in total. The van der Waals surface area contributed by atoms with Gasteiger partial charge < -0.3 is 20.1 Å². The molecule has 9 heteroatoms. The van der Waals surface area contributed by atoms with Crippen molar-refractivity contribution in [3.05, 3.63) is 59.7 Å². The van der Waals surface area contributed by atoms with Gasteiger partial charge in [-0.1, -0.05) is 12.1 Å². The quantitative estimate of drug-likeness (QED) is 0.638. The molecule has 0 saturated carbocycles. The van der Waals surface area contributed by atoms with Crippen molar-refractivity contribution in [3.8, 4) is 5.75 Å². The number of carbonyl (C=O) groups is 4. The summed E-state index contributed by atoms with van der Waals surface area (Å²) >= 11 is 0. The number of nitrogens with one attached hydrogen (secondary N) is 3. The minimum absolute atomic E-state index is 0.0638. The molecule has 0 aliphatic rings. The molecular weight excluding hydrogens is 378 g/mol. The number of para-hydroxylation sites is 1. The highest BCUT2D eigenvalue weighted by molar-refractivity contribution is 6.08. The van der Waals surface area contributed by atoms with Crippen LogP contribution in [0.3, 0.4) is 0 Å². The Kier molecular flexibility index (Phi) is 7.30. The Hall–Kier alpha value is -3.88. The van der Waals surface area contributed by atoms with E-state index in [1.165, 1.54) is 33.2 Å². The van der Waals surface area contributed by atoms with E-state index in [2.05, 4.69) is 10.6 Å². The number of anilines is 1. The van der Waals surface area contributed by atoms with E-state index in [0.29, 0.717) is 11.3 Å². The van der Waals surface area contributed by atoms with Gasteiger partial charge in [-0.3, -0.25) is 14.9 Å². The highest BCUT2D eigenvalue weighted by Gasteiger charge is 2.22. The molecule has 152 valence electrons. The zero-order valence-corrected chi connectivity index (χ0v) is 16.1. The van der Waals surface area contributed by atoms with Gasteiger partial charge in [-0.25, -0.2) is 9.59 Å². The van der Waals surface area contributed by atoms with Gasteiger partial charge in [-0.15, -0.1) is 0 Å². The van der Waals surface area contributed by atoms with Crippen molar-refractivity contribution < 1.29 is 28.7 Å². The highest BCUT2D eigenvalue weighted by Crippen LogP contribution is 2.19. The van der Waals surface area contributed by atoms with Crippen LogP contribution in [0.2, 0.25) is 0 Å². The third-order valence-electron chi connectivity index (χ3n) is 3.86. The number of imide groups is 1. The topological polar surface area (TPSA) is 123 Å². The lowest BCUT2D eigenvalue weighted by molar-refractivity contribution is -0.127. The van der Waals surface area contributed by atoms with Crippen LogP contribution in [0.5, 0.6) is 5.75 Å². The van der Waals surface area contributed by atoms with Gasteiger partial charge in [0.1, 0.15) is 5.75 Å². The fourth-order valence-corrected chi connectivity index (χ4v) is 2.26. The molecule has 0 unspecified atom stereocenters. The molecule has 29 heavy (non-hydrogen) atoms. The first-order valence-electron chi connectivity index (χ1n) is 8.63. The molecule has 3 N–H and O–H groups in total. The summed E-state index contributed by atoms with van der Waals surface area (Å²) in [5.41, 5.74) is 0.651. The number of ether oxygens (including phenoxy) is 2. The molecule has 4 amide bonds. The predicted octanol–water partition coefficient (Wildman–Crippen LogP) is 1.95. The summed E-state index contributed by atoms with van der Waals surface area (Å²) in [4.78, 5) is 48.0. The largest absolute Gasteiger partial charge is 0.497 e. The van der Waals surface area contributed by atoms with E-state index in [9.17, 15) is 19.2 Å². The highest BCUT2D eigenvalue weighted by atomic mass is 16.5. The van der Waals surface area contributed by atoms with Crippen molar-refractivity contribution in [2.75, 3.05) is 19.5 Å². The Morgan fingerprint density at radius 1 is 0.966 bits per heavy atom. The van der Waals surface area contributed by atoms with Gasteiger partial charge in [0.15, 0.2) is 6.10 Å². The van der Waals surface area contributed by atoms with Crippen molar-refractivity contribution in [2.24, 2.45) is 0 Å². The molecule has 0 bridgehead atoms. The van der Waals surface area contributed by atoms with Gasteiger partial charge in [0, 0.05) is 12.6 Å². The number of hydrogen-bond acceptors (Lipinski definition) is 6. The van der Waals surface area contributed by atoms with E-state index < -0.39 is 29.9 Å². The van der Waals surface area contributed by atoms with Gasteiger partial charge in [-0.05, 0) is 43.3 Å². The predicted molar refractivity (Wildman–Crippen MR) is 105 cm³/mol. The standard InChI is InChI=1S/C20H21N3O6/c1-12(17(24)23-20(27)21-2)29-19(26)15-6-4-5-7-16(15)22-18(25)13-8-10-14(28-3)11-9-13/h4-12H,1-3H3,(H,22,25)(H2,21,23,24,27)/t12-/m1/s1. The van der Waals surface area contributed by atoms with E-state index in [-0.39, 0.29) is 11.3 Å². The Labute approximate surface area is 167 Å². The molecule has 2 rings (SSSR count).